The summed E-state index contributed by atoms with van der Waals surface area (Å²) in [6.45, 7) is 3.97. The lowest BCUT2D eigenvalue weighted by Gasteiger charge is -2.22. The van der Waals surface area contributed by atoms with Gasteiger partial charge in [0, 0.05) is 0 Å². The third-order valence-electron chi connectivity index (χ3n) is 5.38. The highest BCUT2D eigenvalue weighted by molar-refractivity contribution is 5.65. The fraction of sp³-hybridized carbons (Fsp3) is 0.280. The second-order valence-corrected chi connectivity index (χ2v) is 7.44. The molecule has 0 spiro atoms. The number of aliphatic hydroxyl groups is 3. The molecule has 1 atom stereocenters. The minimum Gasteiger partial charge on any atom is -0.489 e. The molecule has 0 aliphatic rings. The zero-order valence-corrected chi connectivity index (χ0v) is 16.9. The van der Waals surface area contributed by atoms with E-state index in [1.54, 1.807) is 0 Å². The van der Waals surface area contributed by atoms with E-state index in [1.165, 1.54) is 0 Å². The molecule has 4 nitrogen and oxygen atoms in total. The molecule has 3 rings (SSSR count). The third-order valence-corrected chi connectivity index (χ3v) is 5.38. The number of rotatable bonds is 8. The van der Waals surface area contributed by atoms with E-state index < -0.39 is 5.60 Å². The smallest absolute Gasteiger partial charge is 0.120 e. The van der Waals surface area contributed by atoms with E-state index in [0.717, 1.165) is 33.6 Å². The van der Waals surface area contributed by atoms with Crippen LogP contribution in [0.15, 0.2) is 66.7 Å². The van der Waals surface area contributed by atoms with Crippen molar-refractivity contribution < 1.29 is 20.1 Å². The molecule has 4 heteroatoms. The van der Waals surface area contributed by atoms with Crippen LogP contribution >= 0.6 is 0 Å². The number of hydrogen-bond acceptors (Lipinski definition) is 4. The minimum absolute atomic E-state index is 0.0917. The zero-order chi connectivity index (χ0) is 20.9. The van der Waals surface area contributed by atoms with Gasteiger partial charge in [-0.25, -0.2) is 0 Å². The molecule has 0 aromatic heterocycles. The molecular formula is C25H28O4. The Morgan fingerprint density at radius 3 is 2.21 bits per heavy atom. The van der Waals surface area contributed by atoms with Crippen molar-refractivity contribution in [3.8, 4) is 16.9 Å². The Hall–Kier alpha value is -2.66. The van der Waals surface area contributed by atoms with Gasteiger partial charge >= 0.3 is 0 Å². The molecule has 0 heterocycles. The van der Waals surface area contributed by atoms with Gasteiger partial charge in [0.2, 0.25) is 0 Å². The first-order chi connectivity index (χ1) is 14.0. The largest absolute Gasteiger partial charge is 0.489 e. The number of benzene rings is 3. The molecule has 3 aromatic carbocycles. The van der Waals surface area contributed by atoms with Gasteiger partial charge in [-0.1, -0.05) is 55.5 Å². The van der Waals surface area contributed by atoms with Gasteiger partial charge in [0.15, 0.2) is 0 Å². The molecule has 1 unspecified atom stereocenters. The van der Waals surface area contributed by atoms with Crippen LogP contribution in [0.25, 0.3) is 11.1 Å². The van der Waals surface area contributed by atoms with Crippen LogP contribution in [0.5, 0.6) is 5.75 Å². The highest BCUT2D eigenvalue weighted by Gasteiger charge is 2.19. The molecule has 0 aliphatic carbocycles. The second-order valence-electron chi connectivity index (χ2n) is 7.44. The van der Waals surface area contributed by atoms with Crippen molar-refractivity contribution in [1.29, 1.82) is 0 Å². The first kappa shape index (κ1) is 21.1. The van der Waals surface area contributed by atoms with E-state index in [1.807, 2.05) is 80.6 Å². The monoisotopic (exact) mass is 392 g/mol. The maximum atomic E-state index is 10.4. The SMILES string of the molecule is CCC(C)(O)c1ccc(-c2cccc(OCc3ccc(CO)c(CO)c3)c2)cc1. The molecule has 0 saturated carbocycles. The molecule has 0 fully saturated rings. The maximum Gasteiger partial charge on any atom is 0.120 e. The Bertz CT molecular complexity index is 945. The van der Waals surface area contributed by atoms with E-state index in [4.69, 9.17) is 4.74 Å². The van der Waals surface area contributed by atoms with Crippen molar-refractivity contribution in [2.75, 3.05) is 0 Å². The average molecular weight is 392 g/mol. The molecule has 0 amide bonds. The Morgan fingerprint density at radius 1 is 0.828 bits per heavy atom. The molecule has 0 radical (unpaired) electrons. The van der Waals surface area contributed by atoms with Gasteiger partial charge < -0.3 is 20.1 Å². The fourth-order valence-corrected chi connectivity index (χ4v) is 3.23. The van der Waals surface area contributed by atoms with E-state index in [2.05, 4.69) is 0 Å². The van der Waals surface area contributed by atoms with E-state index >= 15 is 0 Å². The zero-order valence-electron chi connectivity index (χ0n) is 16.9. The average Bonchev–Trinajstić information content (AvgIpc) is 2.77. The number of ether oxygens (including phenoxy) is 1. The molecule has 0 bridgehead atoms. The van der Waals surface area contributed by atoms with Gasteiger partial charge in [-0.3, -0.25) is 0 Å². The van der Waals surface area contributed by atoms with Crippen molar-refractivity contribution in [3.63, 3.8) is 0 Å². The molecule has 152 valence electrons. The predicted octanol–water partition coefficient (Wildman–Crippen LogP) is 4.53. The van der Waals surface area contributed by atoms with Crippen LogP contribution in [0.1, 0.15) is 42.5 Å². The Morgan fingerprint density at radius 2 is 1.55 bits per heavy atom. The minimum atomic E-state index is -0.817. The topological polar surface area (TPSA) is 69.9 Å². The van der Waals surface area contributed by atoms with Gasteiger partial charge in [-0.2, -0.15) is 0 Å². The van der Waals surface area contributed by atoms with Crippen LogP contribution in [0.3, 0.4) is 0 Å². The summed E-state index contributed by atoms with van der Waals surface area (Å²) < 4.78 is 5.94. The summed E-state index contributed by atoms with van der Waals surface area (Å²) in [4.78, 5) is 0. The van der Waals surface area contributed by atoms with Crippen molar-refractivity contribution in [3.05, 3.63) is 89.0 Å². The summed E-state index contributed by atoms with van der Waals surface area (Å²) in [7, 11) is 0. The van der Waals surface area contributed by atoms with Crippen molar-refractivity contribution in [2.24, 2.45) is 0 Å². The van der Waals surface area contributed by atoms with Crippen LogP contribution in [-0.2, 0) is 25.4 Å². The third kappa shape index (κ3) is 5.04. The van der Waals surface area contributed by atoms with Crippen LogP contribution in [0.4, 0.5) is 0 Å². The summed E-state index contributed by atoms with van der Waals surface area (Å²) in [5.74, 6) is 0.754. The molecule has 0 saturated heterocycles. The first-order valence-electron chi connectivity index (χ1n) is 9.85. The van der Waals surface area contributed by atoms with E-state index in [9.17, 15) is 15.3 Å². The van der Waals surface area contributed by atoms with Gasteiger partial charge in [-0.05, 0) is 64.9 Å². The lowest BCUT2D eigenvalue weighted by molar-refractivity contribution is 0.0531. The molecule has 3 aromatic rings. The lowest BCUT2D eigenvalue weighted by atomic mass is 9.92. The van der Waals surface area contributed by atoms with Gasteiger partial charge in [0.05, 0.1) is 18.8 Å². The Kier molecular flexibility index (Phi) is 6.70. The fourth-order valence-electron chi connectivity index (χ4n) is 3.23. The van der Waals surface area contributed by atoms with E-state index in [0.29, 0.717) is 18.6 Å². The Balaban J connectivity index is 1.73. The van der Waals surface area contributed by atoms with Crippen molar-refractivity contribution in [2.45, 2.75) is 45.7 Å². The molecular weight excluding hydrogens is 364 g/mol. The van der Waals surface area contributed by atoms with Gasteiger partial charge in [-0.15, -0.1) is 0 Å². The second kappa shape index (κ2) is 9.23. The molecule has 29 heavy (non-hydrogen) atoms. The van der Waals surface area contributed by atoms with Gasteiger partial charge in [0.25, 0.3) is 0 Å². The Labute approximate surface area is 172 Å². The summed E-state index contributed by atoms with van der Waals surface area (Å²) in [5, 5.41) is 29.1. The van der Waals surface area contributed by atoms with Crippen LogP contribution in [0.2, 0.25) is 0 Å². The lowest BCUT2D eigenvalue weighted by Crippen LogP contribution is -2.19. The van der Waals surface area contributed by atoms with Crippen LogP contribution < -0.4 is 4.74 Å². The number of hydrogen-bond donors (Lipinski definition) is 3. The normalized spacial score (nSPS) is 13.1. The van der Waals surface area contributed by atoms with Crippen LogP contribution in [-0.4, -0.2) is 15.3 Å². The standard InChI is InChI=1S/C25H28O4/c1-3-25(2,28)23-11-9-19(10-12-23)20-5-4-6-24(14-20)29-17-18-7-8-21(15-26)22(13-18)16-27/h4-14,26-28H,3,15-17H2,1-2H3. The van der Waals surface area contributed by atoms with Crippen molar-refractivity contribution >= 4 is 0 Å². The quantitative estimate of drug-likeness (QED) is 0.527. The highest BCUT2D eigenvalue weighted by Crippen LogP contribution is 2.29. The molecule has 3 N–H and O–H groups in total. The van der Waals surface area contributed by atoms with E-state index in [-0.39, 0.29) is 13.2 Å². The predicted molar refractivity (Wildman–Crippen MR) is 114 cm³/mol. The highest BCUT2D eigenvalue weighted by atomic mass is 16.5. The maximum absolute atomic E-state index is 10.4. The number of aliphatic hydroxyl groups excluding tert-OH is 2. The summed E-state index contributed by atoms with van der Waals surface area (Å²) in [6.07, 6.45) is 0.660. The summed E-state index contributed by atoms with van der Waals surface area (Å²) >= 11 is 0. The van der Waals surface area contributed by atoms with Gasteiger partial charge in [0.1, 0.15) is 12.4 Å². The summed E-state index contributed by atoms with van der Waals surface area (Å²) in [5.41, 5.74) is 4.56. The van der Waals surface area contributed by atoms with Crippen molar-refractivity contribution in [1.82, 2.24) is 0 Å². The first-order valence-corrected chi connectivity index (χ1v) is 9.85. The summed E-state index contributed by atoms with van der Waals surface area (Å²) in [6, 6.07) is 21.4. The molecule has 0 aliphatic heterocycles. The van der Waals surface area contributed by atoms with Crippen LogP contribution in [0, 0.1) is 0 Å².